The van der Waals surface area contributed by atoms with E-state index in [0.717, 1.165) is 6.07 Å². The molecule has 0 radical (unpaired) electrons. The highest BCUT2D eigenvalue weighted by Crippen LogP contribution is 2.19. The first-order chi connectivity index (χ1) is 10.3. The largest absolute Gasteiger partial charge is 0.478 e. The molecule has 2 rings (SSSR count). The van der Waals surface area contributed by atoms with Gasteiger partial charge >= 0.3 is 5.97 Å². The van der Waals surface area contributed by atoms with Crippen LogP contribution in [0.3, 0.4) is 0 Å². The Morgan fingerprint density at radius 3 is 2.64 bits per heavy atom. The van der Waals surface area contributed by atoms with Crippen LogP contribution in [0.15, 0.2) is 42.5 Å². The molecule has 0 amide bonds. The van der Waals surface area contributed by atoms with Crippen LogP contribution in [0, 0.1) is 5.82 Å². The third kappa shape index (κ3) is 4.19. The normalized spacial score (nSPS) is 11.2. The number of sulfonamides is 1. The lowest BCUT2D eigenvalue weighted by Gasteiger charge is -2.09. The summed E-state index contributed by atoms with van der Waals surface area (Å²) in [5.41, 5.74) is -0.0501. The van der Waals surface area contributed by atoms with Gasteiger partial charge in [-0.1, -0.05) is 17.7 Å². The summed E-state index contributed by atoms with van der Waals surface area (Å²) < 4.78 is 39.9. The van der Waals surface area contributed by atoms with E-state index in [2.05, 4.69) is 4.72 Å². The van der Waals surface area contributed by atoms with Gasteiger partial charge in [0.2, 0.25) is 10.0 Å². The Labute approximate surface area is 131 Å². The number of benzene rings is 2. The van der Waals surface area contributed by atoms with Crippen molar-refractivity contribution in [3.8, 4) is 0 Å². The summed E-state index contributed by atoms with van der Waals surface area (Å²) in [6, 6.07) is 8.93. The van der Waals surface area contributed by atoms with Crippen molar-refractivity contribution in [1.29, 1.82) is 0 Å². The van der Waals surface area contributed by atoms with E-state index in [9.17, 15) is 17.6 Å². The van der Waals surface area contributed by atoms with Crippen molar-refractivity contribution in [1.82, 2.24) is 0 Å². The summed E-state index contributed by atoms with van der Waals surface area (Å²) in [5, 5.41) is 9.09. The minimum Gasteiger partial charge on any atom is -0.478 e. The minimum absolute atomic E-state index is 0.0610. The van der Waals surface area contributed by atoms with Gasteiger partial charge in [0.15, 0.2) is 0 Å². The number of halogens is 2. The van der Waals surface area contributed by atoms with Crippen LogP contribution in [-0.2, 0) is 15.8 Å². The predicted molar refractivity (Wildman–Crippen MR) is 81.1 cm³/mol. The number of aromatic carboxylic acids is 1. The van der Waals surface area contributed by atoms with Gasteiger partial charge in [-0.2, -0.15) is 0 Å². The molecule has 2 aromatic rings. The lowest BCUT2D eigenvalue weighted by atomic mass is 10.2. The Morgan fingerprint density at radius 2 is 1.95 bits per heavy atom. The Hall–Kier alpha value is -2.12. The van der Waals surface area contributed by atoms with Gasteiger partial charge in [0.25, 0.3) is 0 Å². The summed E-state index contributed by atoms with van der Waals surface area (Å²) in [4.78, 5) is 10.9. The van der Waals surface area contributed by atoms with Crippen LogP contribution in [0.25, 0.3) is 0 Å². The molecule has 0 unspecified atom stereocenters. The molecule has 0 aromatic heterocycles. The third-order valence-electron chi connectivity index (χ3n) is 2.74. The Morgan fingerprint density at radius 1 is 1.23 bits per heavy atom. The second kappa shape index (κ2) is 6.33. The lowest BCUT2D eigenvalue weighted by molar-refractivity contribution is 0.0697. The third-order valence-corrected chi connectivity index (χ3v) is 4.21. The SMILES string of the molecule is O=C(O)c1cccc(NS(=O)(=O)Cc2cc(Cl)ccc2F)c1. The van der Waals surface area contributed by atoms with E-state index in [1.807, 2.05) is 0 Å². The molecule has 0 spiro atoms. The van der Waals surface area contributed by atoms with Crippen molar-refractivity contribution in [2.45, 2.75) is 5.75 Å². The van der Waals surface area contributed by atoms with Crippen LogP contribution in [0.5, 0.6) is 0 Å². The fourth-order valence-electron chi connectivity index (χ4n) is 1.79. The van der Waals surface area contributed by atoms with E-state index in [0.29, 0.717) is 0 Å². The number of hydrogen-bond donors (Lipinski definition) is 2. The molecule has 0 aliphatic rings. The summed E-state index contributed by atoms with van der Waals surface area (Å²) in [6.45, 7) is 0. The van der Waals surface area contributed by atoms with Crippen molar-refractivity contribution in [2.75, 3.05) is 4.72 Å². The standard InChI is InChI=1S/C14H11ClFNO4S/c15-11-4-5-13(16)10(6-11)8-22(20,21)17-12-3-1-2-9(7-12)14(18)19/h1-7,17H,8H2,(H,18,19). The van der Waals surface area contributed by atoms with Gasteiger partial charge in [-0.3, -0.25) is 4.72 Å². The summed E-state index contributed by atoms with van der Waals surface area (Å²) >= 11 is 5.71. The zero-order valence-electron chi connectivity index (χ0n) is 11.1. The van der Waals surface area contributed by atoms with E-state index < -0.39 is 27.6 Å². The summed E-state index contributed by atoms with van der Waals surface area (Å²) in [7, 11) is -3.91. The van der Waals surface area contributed by atoms with E-state index >= 15 is 0 Å². The highest BCUT2D eigenvalue weighted by Gasteiger charge is 2.16. The molecule has 22 heavy (non-hydrogen) atoms. The first-order valence-corrected chi connectivity index (χ1v) is 8.08. The van der Waals surface area contributed by atoms with E-state index in [-0.39, 0.29) is 21.8 Å². The molecular formula is C14H11ClFNO4S. The highest BCUT2D eigenvalue weighted by molar-refractivity contribution is 7.91. The van der Waals surface area contributed by atoms with E-state index in [1.165, 1.54) is 36.4 Å². The zero-order chi connectivity index (χ0) is 16.3. The Kier molecular flexibility index (Phi) is 4.68. The molecule has 0 fully saturated rings. The van der Waals surface area contributed by atoms with Crippen molar-refractivity contribution >= 4 is 33.3 Å². The maximum Gasteiger partial charge on any atom is 0.335 e. The average Bonchev–Trinajstić information content (AvgIpc) is 2.42. The van der Waals surface area contributed by atoms with E-state index in [1.54, 1.807) is 0 Å². The quantitative estimate of drug-likeness (QED) is 0.873. The van der Waals surface area contributed by atoms with E-state index in [4.69, 9.17) is 16.7 Å². The second-order valence-electron chi connectivity index (χ2n) is 4.48. The van der Waals surface area contributed by atoms with Gasteiger partial charge in [0, 0.05) is 16.3 Å². The molecule has 0 aliphatic carbocycles. The van der Waals surface area contributed by atoms with Crippen LogP contribution in [0.2, 0.25) is 5.02 Å². The monoisotopic (exact) mass is 343 g/mol. The molecule has 116 valence electrons. The minimum atomic E-state index is -3.91. The number of nitrogens with one attached hydrogen (secondary N) is 1. The van der Waals surface area contributed by atoms with Gasteiger partial charge in [0.1, 0.15) is 5.82 Å². The molecule has 0 saturated carbocycles. The van der Waals surface area contributed by atoms with Crippen LogP contribution in [0.1, 0.15) is 15.9 Å². The second-order valence-corrected chi connectivity index (χ2v) is 6.64. The van der Waals surface area contributed by atoms with Crippen molar-refractivity contribution in [2.24, 2.45) is 0 Å². The maximum atomic E-state index is 13.6. The molecule has 2 N–H and O–H groups in total. The van der Waals surface area contributed by atoms with Crippen molar-refractivity contribution < 1.29 is 22.7 Å². The number of anilines is 1. The first kappa shape index (κ1) is 16.3. The molecule has 0 saturated heterocycles. The zero-order valence-corrected chi connectivity index (χ0v) is 12.7. The Balaban J connectivity index is 2.23. The van der Waals surface area contributed by atoms with Gasteiger partial charge in [-0.15, -0.1) is 0 Å². The molecule has 0 bridgehead atoms. The van der Waals surface area contributed by atoms with Crippen LogP contribution in [0.4, 0.5) is 10.1 Å². The van der Waals surface area contributed by atoms with Gasteiger partial charge < -0.3 is 5.11 Å². The summed E-state index contributed by atoms with van der Waals surface area (Å²) in [6.07, 6.45) is 0. The maximum absolute atomic E-state index is 13.6. The number of hydrogen-bond acceptors (Lipinski definition) is 3. The number of carbonyl (C=O) groups is 1. The fraction of sp³-hybridized carbons (Fsp3) is 0.0714. The molecule has 8 heteroatoms. The van der Waals surface area contributed by atoms with Gasteiger partial charge in [-0.05, 0) is 36.4 Å². The topological polar surface area (TPSA) is 83.5 Å². The molecule has 0 aliphatic heterocycles. The predicted octanol–water partition coefficient (Wildman–Crippen LogP) is 3.12. The molecular weight excluding hydrogens is 333 g/mol. The highest BCUT2D eigenvalue weighted by atomic mass is 35.5. The molecule has 0 atom stereocenters. The lowest BCUT2D eigenvalue weighted by Crippen LogP contribution is -2.16. The Bertz CT molecular complexity index is 823. The van der Waals surface area contributed by atoms with Crippen LogP contribution < -0.4 is 4.72 Å². The molecule has 5 nitrogen and oxygen atoms in total. The number of rotatable bonds is 5. The summed E-state index contributed by atoms with van der Waals surface area (Å²) in [5.74, 6) is -2.48. The molecule has 2 aromatic carbocycles. The molecule has 0 heterocycles. The van der Waals surface area contributed by atoms with Gasteiger partial charge in [0.05, 0.1) is 11.3 Å². The number of carboxylic acid groups (broad SMARTS) is 1. The smallest absolute Gasteiger partial charge is 0.335 e. The van der Waals surface area contributed by atoms with Crippen LogP contribution >= 0.6 is 11.6 Å². The van der Waals surface area contributed by atoms with Crippen LogP contribution in [-0.4, -0.2) is 19.5 Å². The fourth-order valence-corrected chi connectivity index (χ4v) is 3.17. The average molecular weight is 344 g/mol. The van der Waals surface area contributed by atoms with Crippen molar-refractivity contribution in [3.63, 3.8) is 0 Å². The first-order valence-electron chi connectivity index (χ1n) is 6.04. The number of carboxylic acids is 1. The van der Waals surface area contributed by atoms with Gasteiger partial charge in [-0.25, -0.2) is 17.6 Å². The van der Waals surface area contributed by atoms with Crippen molar-refractivity contribution in [3.05, 3.63) is 64.4 Å².